The number of nitrogens with one attached hydrogen (secondary N) is 1. The molecule has 2 nitrogen and oxygen atoms in total. The Bertz CT molecular complexity index is 299. The van der Waals surface area contributed by atoms with Crippen molar-refractivity contribution in [2.45, 2.75) is 44.7 Å². The van der Waals surface area contributed by atoms with E-state index >= 15 is 0 Å². The van der Waals surface area contributed by atoms with Gasteiger partial charge in [-0.15, -0.1) is 11.3 Å². The summed E-state index contributed by atoms with van der Waals surface area (Å²) in [7, 11) is 0. The molecule has 1 heterocycles. The molecule has 0 bridgehead atoms. The minimum atomic E-state index is 0.332. The molecule has 0 aromatic carbocycles. The van der Waals surface area contributed by atoms with Crippen molar-refractivity contribution in [3.05, 3.63) is 22.4 Å². The van der Waals surface area contributed by atoms with Crippen LogP contribution in [0.5, 0.6) is 0 Å². The fraction of sp³-hybridized carbons (Fsp3) is 0.692. The zero-order valence-electron chi connectivity index (χ0n) is 9.86. The molecule has 1 aromatic rings. The van der Waals surface area contributed by atoms with Gasteiger partial charge in [0.05, 0.1) is 0 Å². The van der Waals surface area contributed by atoms with Crippen molar-refractivity contribution in [1.82, 2.24) is 5.32 Å². The fourth-order valence-electron chi connectivity index (χ4n) is 2.62. The lowest BCUT2D eigenvalue weighted by atomic mass is 10.0. The number of hydrogen-bond acceptors (Lipinski definition) is 3. The van der Waals surface area contributed by atoms with Crippen LogP contribution in [-0.2, 0) is 0 Å². The average molecular weight is 239 g/mol. The number of thiophene rings is 1. The molecule has 1 aliphatic carbocycles. The molecule has 16 heavy (non-hydrogen) atoms. The van der Waals surface area contributed by atoms with E-state index < -0.39 is 0 Å². The lowest BCUT2D eigenvalue weighted by molar-refractivity contribution is 0.199. The van der Waals surface area contributed by atoms with E-state index in [0.29, 0.717) is 24.6 Å². The Morgan fingerprint density at radius 1 is 1.56 bits per heavy atom. The standard InChI is InChI=1S/C13H21NOS/c1-2-11(13-7-4-8-16-13)14-12-6-3-5-10(12)9-15/h4,7-8,10-12,14-15H,2-3,5-6,9H2,1H3. The number of hydrogen-bond donors (Lipinski definition) is 2. The summed E-state index contributed by atoms with van der Waals surface area (Å²) in [5.74, 6) is 0.467. The molecule has 1 fully saturated rings. The summed E-state index contributed by atoms with van der Waals surface area (Å²) in [6.45, 7) is 2.55. The Morgan fingerprint density at radius 2 is 2.44 bits per heavy atom. The highest BCUT2D eigenvalue weighted by Crippen LogP contribution is 2.29. The van der Waals surface area contributed by atoms with Crippen LogP contribution < -0.4 is 5.32 Å². The van der Waals surface area contributed by atoms with E-state index in [4.69, 9.17) is 0 Å². The third kappa shape index (κ3) is 2.65. The predicted molar refractivity (Wildman–Crippen MR) is 68.7 cm³/mol. The molecule has 0 amide bonds. The van der Waals surface area contributed by atoms with Crippen molar-refractivity contribution >= 4 is 11.3 Å². The minimum absolute atomic E-state index is 0.332. The van der Waals surface area contributed by atoms with Gasteiger partial charge in [0.15, 0.2) is 0 Å². The second-order valence-electron chi connectivity index (χ2n) is 4.62. The summed E-state index contributed by atoms with van der Waals surface area (Å²) in [4.78, 5) is 1.42. The van der Waals surface area contributed by atoms with Gasteiger partial charge in [-0.05, 0) is 36.6 Å². The van der Waals surface area contributed by atoms with Crippen LogP contribution >= 0.6 is 11.3 Å². The van der Waals surface area contributed by atoms with Gasteiger partial charge in [-0.3, -0.25) is 0 Å². The first-order valence-corrected chi connectivity index (χ1v) is 7.13. The van der Waals surface area contributed by atoms with Gasteiger partial charge in [0.25, 0.3) is 0 Å². The first-order chi connectivity index (χ1) is 7.85. The van der Waals surface area contributed by atoms with E-state index in [1.807, 2.05) is 11.3 Å². The average Bonchev–Trinajstić information content (AvgIpc) is 2.96. The highest BCUT2D eigenvalue weighted by atomic mass is 32.1. The second kappa shape index (κ2) is 5.80. The summed E-state index contributed by atoms with van der Waals surface area (Å²) < 4.78 is 0. The monoisotopic (exact) mass is 239 g/mol. The molecule has 90 valence electrons. The predicted octanol–water partition coefficient (Wildman–Crippen LogP) is 2.95. The van der Waals surface area contributed by atoms with Crippen LogP contribution in [0, 0.1) is 5.92 Å². The van der Waals surface area contributed by atoms with Gasteiger partial charge in [0.1, 0.15) is 0 Å². The fourth-order valence-corrected chi connectivity index (χ4v) is 3.49. The van der Waals surface area contributed by atoms with Gasteiger partial charge in [-0.25, -0.2) is 0 Å². The first-order valence-electron chi connectivity index (χ1n) is 6.25. The highest BCUT2D eigenvalue weighted by molar-refractivity contribution is 7.10. The van der Waals surface area contributed by atoms with Crippen molar-refractivity contribution in [2.75, 3.05) is 6.61 Å². The van der Waals surface area contributed by atoms with Gasteiger partial charge >= 0.3 is 0 Å². The van der Waals surface area contributed by atoms with Crippen LogP contribution in [0.2, 0.25) is 0 Å². The molecule has 0 radical (unpaired) electrons. The number of aliphatic hydroxyl groups excluding tert-OH is 1. The molecule has 3 heteroatoms. The second-order valence-corrected chi connectivity index (χ2v) is 5.60. The van der Waals surface area contributed by atoms with Gasteiger partial charge in [-0.1, -0.05) is 19.4 Å². The summed E-state index contributed by atoms with van der Waals surface area (Å²) >= 11 is 1.82. The third-order valence-corrected chi connectivity index (χ3v) is 4.59. The van der Waals surface area contributed by atoms with Crippen LogP contribution in [0.3, 0.4) is 0 Å². The maximum absolute atomic E-state index is 9.32. The lowest BCUT2D eigenvalue weighted by Crippen LogP contribution is -2.36. The van der Waals surface area contributed by atoms with Gasteiger partial charge in [-0.2, -0.15) is 0 Å². The smallest absolute Gasteiger partial charge is 0.0474 e. The van der Waals surface area contributed by atoms with E-state index in [1.165, 1.54) is 24.1 Å². The van der Waals surface area contributed by atoms with E-state index in [2.05, 4.69) is 29.8 Å². The Kier molecular flexibility index (Phi) is 4.38. The largest absolute Gasteiger partial charge is 0.396 e. The van der Waals surface area contributed by atoms with Crippen molar-refractivity contribution < 1.29 is 5.11 Å². The zero-order valence-corrected chi connectivity index (χ0v) is 10.7. The summed E-state index contributed by atoms with van der Waals surface area (Å²) in [6.07, 6.45) is 4.76. The van der Waals surface area contributed by atoms with Crippen LogP contribution in [0.4, 0.5) is 0 Å². The molecule has 0 spiro atoms. The maximum Gasteiger partial charge on any atom is 0.0474 e. The van der Waals surface area contributed by atoms with Crippen molar-refractivity contribution in [2.24, 2.45) is 5.92 Å². The summed E-state index contributed by atoms with van der Waals surface area (Å²) in [5, 5.41) is 15.2. The molecule has 1 aliphatic rings. The molecule has 3 atom stereocenters. The molecule has 2 N–H and O–H groups in total. The van der Waals surface area contributed by atoms with Crippen LogP contribution in [-0.4, -0.2) is 17.8 Å². The van der Waals surface area contributed by atoms with Gasteiger partial charge < -0.3 is 10.4 Å². The van der Waals surface area contributed by atoms with E-state index in [9.17, 15) is 5.11 Å². The molecule has 1 saturated carbocycles. The lowest BCUT2D eigenvalue weighted by Gasteiger charge is -2.25. The van der Waals surface area contributed by atoms with Crippen LogP contribution in [0.25, 0.3) is 0 Å². The Hall–Kier alpha value is -0.380. The van der Waals surface area contributed by atoms with Gasteiger partial charge in [0, 0.05) is 23.6 Å². The number of aliphatic hydroxyl groups is 1. The molecule has 3 unspecified atom stereocenters. The Labute approximate surface area is 102 Å². The minimum Gasteiger partial charge on any atom is -0.396 e. The van der Waals surface area contributed by atoms with E-state index in [0.717, 1.165) is 6.42 Å². The summed E-state index contributed by atoms with van der Waals surface area (Å²) in [6, 6.07) is 5.30. The SMILES string of the molecule is CCC(NC1CCCC1CO)c1cccs1. The molecule has 2 rings (SSSR count). The van der Waals surface area contributed by atoms with Gasteiger partial charge in [0.2, 0.25) is 0 Å². The van der Waals surface area contributed by atoms with Crippen molar-refractivity contribution in [3.63, 3.8) is 0 Å². The number of rotatable bonds is 5. The molecule has 0 aliphatic heterocycles. The van der Waals surface area contributed by atoms with Crippen LogP contribution in [0.15, 0.2) is 17.5 Å². The molecule has 0 saturated heterocycles. The molecular formula is C13H21NOS. The van der Waals surface area contributed by atoms with E-state index in [1.54, 1.807) is 0 Å². The third-order valence-electron chi connectivity index (χ3n) is 3.60. The maximum atomic E-state index is 9.32. The van der Waals surface area contributed by atoms with Crippen molar-refractivity contribution in [1.29, 1.82) is 0 Å². The quantitative estimate of drug-likeness (QED) is 0.828. The Balaban J connectivity index is 1.96. The van der Waals surface area contributed by atoms with Crippen molar-refractivity contribution in [3.8, 4) is 0 Å². The highest BCUT2D eigenvalue weighted by Gasteiger charge is 2.28. The topological polar surface area (TPSA) is 32.3 Å². The zero-order chi connectivity index (χ0) is 11.4. The normalized spacial score (nSPS) is 27.1. The van der Waals surface area contributed by atoms with Crippen LogP contribution in [0.1, 0.15) is 43.5 Å². The first kappa shape index (κ1) is 12.1. The van der Waals surface area contributed by atoms with E-state index in [-0.39, 0.29) is 0 Å². The summed E-state index contributed by atoms with van der Waals surface area (Å²) in [5.41, 5.74) is 0. The molecule has 1 aromatic heterocycles. The molecular weight excluding hydrogens is 218 g/mol. The Morgan fingerprint density at radius 3 is 3.06 bits per heavy atom.